The molecule has 0 radical (unpaired) electrons. The lowest BCUT2D eigenvalue weighted by Crippen LogP contribution is -2.21. The zero-order valence-corrected chi connectivity index (χ0v) is 15.8. The van der Waals surface area contributed by atoms with Crippen LogP contribution >= 0.6 is 22.9 Å². The number of nitrogens with zero attached hydrogens (tertiary/aromatic N) is 1. The van der Waals surface area contributed by atoms with E-state index in [9.17, 15) is 14.4 Å². The van der Waals surface area contributed by atoms with Crippen LogP contribution in [0, 0.1) is 0 Å². The molecule has 0 bridgehead atoms. The molecule has 0 aliphatic rings. The van der Waals surface area contributed by atoms with Gasteiger partial charge < -0.3 is 14.8 Å². The number of hydrogen-bond acceptors (Lipinski definition) is 7. The number of pyridine rings is 1. The summed E-state index contributed by atoms with van der Waals surface area (Å²) in [5, 5.41) is 2.93. The Morgan fingerprint density at radius 2 is 1.92 bits per heavy atom. The number of thiophene rings is 1. The van der Waals surface area contributed by atoms with E-state index in [4.69, 9.17) is 21.1 Å². The topological polar surface area (TPSA) is 94.6 Å². The molecular weight excluding hydrogens is 380 g/mol. The fourth-order valence-electron chi connectivity index (χ4n) is 1.98. The van der Waals surface area contributed by atoms with Gasteiger partial charge in [0.15, 0.2) is 6.61 Å². The van der Waals surface area contributed by atoms with Crippen LogP contribution in [0.4, 0.5) is 5.00 Å². The van der Waals surface area contributed by atoms with Gasteiger partial charge in [0, 0.05) is 11.1 Å². The monoisotopic (exact) mass is 396 g/mol. The van der Waals surface area contributed by atoms with E-state index in [2.05, 4.69) is 10.3 Å². The molecular formula is C17H17ClN2O5S. The third kappa shape index (κ3) is 5.03. The quantitative estimate of drug-likeness (QED) is 0.569. The van der Waals surface area contributed by atoms with Crippen molar-refractivity contribution in [1.82, 2.24) is 4.98 Å². The maximum atomic E-state index is 12.1. The fraction of sp³-hybridized carbons (Fsp3) is 0.294. The molecule has 0 saturated carbocycles. The van der Waals surface area contributed by atoms with Crippen molar-refractivity contribution in [3.05, 3.63) is 45.6 Å². The first-order chi connectivity index (χ1) is 12.5. The summed E-state index contributed by atoms with van der Waals surface area (Å²) in [5.74, 6) is -1.85. The zero-order valence-electron chi connectivity index (χ0n) is 14.2. The molecule has 1 N–H and O–H groups in total. The zero-order chi connectivity index (χ0) is 19.1. The predicted octanol–water partition coefficient (Wildman–Crippen LogP) is 3.33. The molecule has 0 aliphatic heterocycles. The first-order valence-corrected chi connectivity index (χ1v) is 9.03. The minimum Gasteiger partial charge on any atom is -0.462 e. The Hall–Kier alpha value is -2.45. The van der Waals surface area contributed by atoms with Gasteiger partial charge in [0.25, 0.3) is 5.91 Å². The summed E-state index contributed by atoms with van der Waals surface area (Å²) >= 11 is 7.08. The fourth-order valence-corrected chi connectivity index (χ4v) is 3.18. The van der Waals surface area contributed by atoms with Crippen molar-refractivity contribution in [2.75, 3.05) is 18.5 Å². The second kappa shape index (κ2) is 9.30. The van der Waals surface area contributed by atoms with Gasteiger partial charge >= 0.3 is 11.9 Å². The molecule has 138 valence electrons. The van der Waals surface area contributed by atoms with Crippen molar-refractivity contribution in [1.29, 1.82) is 0 Å². The highest BCUT2D eigenvalue weighted by molar-refractivity contribution is 7.16. The maximum absolute atomic E-state index is 12.1. The molecule has 7 nitrogen and oxygen atoms in total. The van der Waals surface area contributed by atoms with Crippen LogP contribution in [0.1, 0.15) is 39.4 Å². The average Bonchev–Trinajstić information content (AvgIpc) is 3.03. The van der Waals surface area contributed by atoms with Gasteiger partial charge in [-0.05, 0) is 31.5 Å². The van der Waals surface area contributed by atoms with E-state index in [0.717, 1.165) is 4.88 Å². The highest BCUT2D eigenvalue weighted by Gasteiger charge is 2.20. The Kier molecular flexibility index (Phi) is 7.11. The van der Waals surface area contributed by atoms with E-state index in [0.29, 0.717) is 11.4 Å². The number of carbonyl (C=O) groups is 3. The summed E-state index contributed by atoms with van der Waals surface area (Å²) < 4.78 is 9.92. The molecule has 2 rings (SSSR count). The van der Waals surface area contributed by atoms with Crippen molar-refractivity contribution in [3.63, 3.8) is 0 Å². The number of rotatable bonds is 7. The Morgan fingerprint density at radius 3 is 2.58 bits per heavy atom. The van der Waals surface area contributed by atoms with Crippen LogP contribution in [0.2, 0.25) is 5.15 Å². The highest BCUT2D eigenvalue weighted by atomic mass is 35.5. The molecule has 1 amide bonds. The number of aryl methyl sites for hydroxylation is 1. The molecule has 9 heteroatoms. The van der Waals surface area contributed by atoms with Crippen LogP contribution in [-0.4, -0.2) is 36.0 Å². The molecule has 2 heterocycles. The van der Waals surface area contributed by atoms with Crippen LogP contribution in [0.3, 0.4) is 0 Å². The van der Waals surface area contributed by atoms with E-state index < -0.39 is 24.5 Å². The molecule has 0 aliphatic carbocycles. The first-order valence-electron chi connectivity index (χ1n) is 7.83. The lowest BCUT2D eigenvalue weighted by molar-refractivity contribution is -0.119. The number of halogens is 1. The number of hydrogen-bond donors (Lipinski definition) is 1. The number of carbonyl (C=O) groups excluding carboxylic acids is 3. The molecule has 0 spiro atoms. The third-order valence-electron chi connectivity index (χ3n) is 3.19. The Labute approximate surface area is 159 Å². The molecule has 2 aromatic heterocycles. The lowest BCUT2D eigenvalue weighted by Gasteiger charge is -2.07. The van der Waals surface area contributed by atoms with Crippen LogP contribution < -0.4 is 5.32 Å². The predicted molar refractivity (Wildman–Crippen MR) is 97.8 cm³/mol. The Bertz CT molecular complexity index is 821. The minimum absolute atomic E-state index is 0.00616. The van der Waals surface area contributed by atoms with Crippen molar-refractivity contribution < 1.29 is 23.9 Å². The smallest absolute Gasteiger partial charge is 0.341 e. The van der Waals surface area contributed by atoms with Crippen molar-refractivity contribution in [2.24, 2.45) is 0 Å². The van der Waals surface area contributed by atoms with Crippen LogP contribution in [0.25, 0.3) is 0 Å². The van der Waals surface area contributed by atoms with E-state index >= 15 is 0 Å². The van der Waals surface area contributed by atoms with Crippen LogP contribution in [-0.2, 0) is 20.7 Å². The number of anilines is 1. The van der Waals surface area contributed by atoms with Gasteiger partial charge in [-0.25, -0.2) is 14.6 Å². The SMILES string of the molecule is CCOC(=O)c1cc(CC)sc1NC(=O)COC(=O)c1cccnc1Cl. The van der Waals surface area contributed by atoms with Gasteiger partial charge in [-0.2, -0.15) is 0 Å². The second-order valence-electron chi connectivity index (χ2n) is 5.00. The lowest BCUT2D eigenvalue weighted by atomic mass is 10.2. The van der Waals surface area contributed by atoms with Crippen molar-refractivity contribution in [2.45, 2.75) is 20.3 Å². The summed E-state index contributed by atoms with van der Waals surface area (Å²) in [7, 11) is 0. The summed E-state index contributed by atoms with van der Waals surface area (Å²) in [6, 6.07) is 4.66. The van der Waals surface area contributed by atoms with Gasteiger partial charge in [0.05, 0.1) is 17.7 Å². The van der Waals surface area contributed by atoms with Gasteiger partial charge in [0.2, 0.25) is 0 Å². The normalized spacial score (nSPS) is 10.3. The summed E-state index contributed by atoms with van der Waals surface area (Å²) in [4.78, 5) is 40.7. The number of esters is 2. The summed E-state index contributed by atoms with van der Waals surface area (Å²) in [5.41, 5.74) is 0.349. The summed E-state index contributed by atoms with van der Waals surface area (Å²) in [6.07, 6.45) is 2.15. The van der Waals surface area contributed by atoms with Crippen molar-refractivity contribution in [3.8, 4) is 0 Å². The third-order valence-corrected chi connectivity index (χ3v) is 4.69. The minimum atomic E-state index is -0.760. The van der Waals surface area contributed by atoms with E-state index in [1.54, 1.807) is 13.0 Å². The van der Waals surface area contributed by atoms with Gasteiger partial charge in [-0.1, -0.05) is 18.5 Å². The number of aromatic nitrogens is 1. The maximum Gasteiger partial charge on any atom is 0.341 e. The van der Waals surface area contributed by atoms with E-state index in [-0.39, 0.29) is 22.9 Å². The molecule has 2 aromatic rings. The summed E-state index contributed by atoms with van der Waals surface area (Å²) in [6.45, 7) is 3.34. The average molecular weight is 397 g/mol. The van der Waals surface area contributed by atoms with E-state index in [1.165, 1.54) is 29.7 Å². The first kappa shape index (κ1) is 19.9. The second-order valence-corrected chi connectivity index (χ2v) is 6.49. The van der Waals surface area contributed by atoms with Crippen molar-refractivity contribution >= 4 is 45.8 Å². The van der Waals surface area contributed by atoms with Gasteiger partial charge in [-0.3, -0.25) is 4.79 Å². The van der Waals surface area contributed by atoms with Crippen LogP contribution in [0.5, 0.6) is 0 Å². The Balaban J connectivity index is 2.01. The standard InChI is InChI=1S/C17H17ClN2O5S/c1-3-10-8-12(17(23)24-4-2)15(26-10)20-13(21)9-25-16(22)11-6-5-7-19-14(11)18/h5-8H,3-4,9H2,1-2H3,(H,20,21). The molecule has 0 aromatic carbocycles. The largest absolute Gasteiger partial charge is 0.462 e. The van der Waals surface area contributed by atoms with E-state index in [1.807, 2.05) is 6.92 Å². The molecule has 26 heavy (non-hydrogen) atoms. The van der Waals surface area contributed by atoms with Gasteiger partial charge in [-0.15, -0.1) is 11.3 Å². The molecule has 0 atom stereocenters. The van der Waals surface area contributed by atoms with Gasteiger partial charge in [0.1, 0.15) is 10.2 Å². The molecule has 0 unspecified atom stereocenters. The van der Waals surface area contributed by atoms with Crippen LogP contribution in [0.15, 0.2) is 24.4 Å². The molecule has 0 saturated heterocycles. The number of amides is 1. The Morgan fingerprint density at radius 1 is 1.19 bits per heavy atom. The highest BCUT2D eigenvalue weighted by Crippen LogP contribution is 2.29. The molecule has 0 fully saturated rings. The number of nitrogens with one attached hydrogen (secondary N) is 1. The number of ether oxygens (including phenoxy) is 2.